The van der Waals surface area contributed by atoms with E-state index in [4.69, 9.17) is 0 Å². The fourth-order valence-corrected chi connectivity index (χ4v) is 2.55. The average molecular weight is 219 g/mol. The van der Waals surface area contributed by atoms with Crippen LogP contribution in [0.3, 0.4) is 0 Å². The van der Waals surface area contributed by atoms with Crippen molar-refractivity contribution in [1.82, 2.24) is 14.7 Å². The van der Waals surface area contributed by atoms with Crippen molar-refractivity contribution in [2.75, 3.05) is 19.6 Å². The molecule has 0 unspecified atom stereocenters. The van der Waals surface area contributed by atoms with Gasteiger partial charge in [0.05, 0.1) is 0 Å². The Balaban J connectivity index is 1.90. The number of aryl methyl sites for hydroxylation is 1. The van der Waals surface area contributed by atoms with Crippen LogP contribution in [0.4, 0.5) is 0 Å². The van der Waals surface area contributed by atoms with E-state index in [1.807, 2.05) is 17.9 Å². The Morgan fingerprint density at radius 2 is 2.19 bits per heavy atom. The molecule has 2 heterocycles. The van der Waals surface area contributed by atoms with Gasteiger partial charge in [-0.1, -0.05) is 12.2 Å². The third-order valence-electron chi connectivity index (χ3n) is 3.36. The molecule has 1 aromatic heterocycles. The van der Waals surface area contributed by atoms with E-state index >= 15 is 0 Å². The summed E-state index contributed by atoms with van der Waals surface area (Å²) >= 11 is 0. The van der Waals surface area contributed by atoms with Gasteiger partial charge in [0.1, 0.15) is 0 Å². The van der Waals surface area contributed by atoms with Crippen LogP contribution < -0.4 is 0 Å². The molecule has 1 aromatic rings. The van der Waals surface area contributed by atoms with Gasteiger partial charge in [-0.15, -0.1) is 0 Å². The molecular weight excluding hydrogens is 198 g/mol. The van der Waals surface area contributed by atoms with Gasteiger partial charge in [0.15, 0.2) is 0 Å². The van der Waals surface area contributed by atoms with Crippen molar-refractivity contribution in [2.45, 2.75) is 25.7 Å². The smallest absolute Gasteiger partial charge is 0.0492 e. The summed E-state index contributed by atoms with van der Waals surface area (Å²) in [5.41, 5.74) is 2.65. The van der Waals surface area contributed by atoms with Crippen molar-refractivity contribution in [3.63, 3.8) is 0 Å². The molecule has 0 amide bonds. The van der Waals surface area contributed by atoms with Crippen LogP contribution in [-0.4, -0.2) is 34.3 Å². The number of nitrogens with zero attached hydrogens (tertiary/aromatic N) is 3. The van der Waals surface area contributed by atoms with E-state index in [2.05, 4.69) is 29.6 Å². The van der Waals surface area contributed by atoms with Crippen molar-refractivity contribution in [1.29, 1.82) is 0 Å². The summed E-state index contributed by atoms with van der Waals surface area (Å²) in [6.07, 6.45) is 4.38. The number of likely N-dealkylation sites (tertiary alicyclic amines) is 1. The minimum absolute atomic E-state index is 0.689. The zero-order chi connectivity index (χ0) is 11.5. The van der Waals surface area contributed by atoms with Crippen LogP contribution in [0.15, 0.2) is 24.4 Å². The third-order valence-corrected chi connectivity index (χ3v) is 3.36. The number of hydrogen-bond donors (Lipinski definition) is 0. The summed E-state index contributed by atoms with van der Waals surface area (Å²) in [6.45, 7) is 9.50. The van der Waals surface area contributed by atoms with Gasteiger partial charge in [0.2, 0.25) is 0 Å². The van der Waals surface area contributed by atoms with Crippen LogP contribution in [0.5, 0.6) is 0 Å². The maximum Gasteiger partial charge on any atom is 0.0492 e. The molecular formula is C13H21N3. The molecule has 2 rings (SSSR count). The normalized spacial score (nSPS) is 18.9. The Morgan fingerprint density at radius 3 is 2.69 bits per heavy atom. The Bertz CT molecular complexity index is 359. The van der Waals surface area contributed by atoms with Crippen molar-refractivity contribution in [3.8, 4) is 0 Å². The number of rotatable bonds is 3. The average Bonchev–Trinajstić information content (AvgIpc) is 2.65. The van der Waals surface area contributed by atoms with Gasteiger partial charge in [-0.05, 0) is 38.9 Å². The van der Waals surface area contributed by atoms with Crippen LogP contribution in [0, 0.1) is 0 Å². The molecule has 16 heavy (non-hydrogen) atoms. The second kappa shape index (κ2) is 4.83. The SMILES string of the molecule is C=C(C)CN1CCC(c2ccnn2C)CC1. The summed E-state index contributed by atoms with van der Waals surface area (Å²) in [4.78, 5) is 2.50. The molecule has 1 fully saturated rings. The minimum atomic E-state index is 0.689. The molecule has 1 saturated heterocycles. The fourth-order valence-electron chi connectivity index (χ4n) is 2.55. The first-order valence-electron chi connectivity index (χ1n) is 6.01. The molecule has 0 atom stereocenters. The van der Waals surface area contributed by atoms with Crippen LogP contribution in [0.2, 0.25) is 0 Å². The lowest BCUT2D eigenvalue weighted by molar-refractivity contribution is 0.225. The first kappa shape index (κ1) is 11.4. The largest absolute Gasteiger partial charge is 0.299 e. The molecule has 88 valence electrons. The second-order valence-corrected chi connectivity index (χ2v) is 4.89. The summed E-state index contributed by atoms with van der Waals surface area (Å²) in [5, 5.41) is 4.25. The summed E-state index contributed by atoms with van der Waals surface area (Å²) in [5.74, 6) is 0.689. The second-order valence-electron chi connectivity index (χ2n) is 4.89. The Hall–Kier alpha value is -1.09. The van der Waals surface area contributed by atoms with Crippen molar-refractivity contribution in [2.24, 2.45) is 7.05 Å². The number of aromatic nitrogens is 2. The quantitative estimate of drug-likeness (QED) is 0.727. The first-order chi connectivity index (χ1) is 7.66. The number of piperidine rings is 1. The van der Waals surface area contributed by atoms with Gasteiger partial charge in [-0.25, -0.2) is 0 Å². The molecule has 1 aliphatic heterocycles. The highest BCUT2D eigenvalue weighted by Crippen LogP contribution is 2.27. The maximum absolute atomic E-state index is 4.25. The summed E-state index contributed by atoms with van der Waals surface area (Å²) < 4.78 is 2.01. The molecule has 0 saturated carbocycles. The minimum Gasteiger partial charge on any atom is -0.299 e. The Kier molecular flexibility index (Phi) is 3.44. The van der Waals surface area contributed by atoms with Crippen LogP contribution >= 0.6 is 0 Å². The zero-order valence-electron chi connectivity index (χ0n) is 10.3. The summed E-state index contributed by atoms with van der Waals surface area (Å²) in [6, 6.07) is 2.15. The number of hydrogen-bond acceptors (Lipinski definition) is 2. The molecule has 0 aliphatic carbocycles. The lowest BCUT2D eigenvalue weighted by atomic mass is 9.93. The highest BCUT2D eigenvalue weighted by atomic mass is 15.3. The molecule has 1 aliphatic rings. The van der Waals surface area contributed by atoms with E-state index in [1.54, 1.807) is 0 Å². The Labute approximate surface area is 97.8 Å². The van der Waals surface area contributed by atoms with Crippen LogP contribution in [-0.2, 0) is 7.05 Å². The van der Waals surface area contributed by atoms with Crippen molar-refractivity contribution >= 4 is 0 Å². The predicted octanol–water partition coefficient (Wildman–Crippen LogP) is 2.18. The van der Waals surface area contributed by atoms with Gasteiger partial charge in [-0.2, -0.15) is 5.10 Å². The van der Waals surface area contributed by atoms with Crippen LogP contribution in [0.25, 0.3) is 0 Å². The van der Waals surface area contributed by atoms with Crippen LogP contribution in [0.1, 0.15) is 31.4 Å². The summed E-state index contributed by atoms with van der Waals surface area (Å²) in [7, 11) is 2.04. The molecule has 0 aromatic carbocycles. The molecule has 0 bridgehead atoms. The van der Waals surface area contributed by atoms with Crippen molar-refractivity contribution < 1.29 is 0 Å². The monoisotopic (exact) mass is 219 g/mol. The standard InChI is InChI=1S/C13H21N3/c1-11(2)10-16-8-5-12(6-9-16)13-4-7-14-15(13)3/h4,7,12H,1,5-6,8-10H2,2-3H3. The first-order valence-corrected chi connectivity index (χ1v) is 6.01. The van der Waals surface area contributed by atoms with E-state index in [-0.39, 0.29) is 0 Å². The van der Waals surface area contributed by atoms with Gasteiger partial charge in [0.25, 0.3) is 0 Å². The van der Waals surface area contributed by atoms with E-state index in [9.17, 15) is 0 Å². The van der Waals surface area contributed by atoms with E-state index in [0.717, 1.165) is 6.54 Å². The molecule has 0 N–H and O–H groups in total. The van der Waals surface area contributed by atoms with E-state index in [1.165, 1.54) is 37.2 Å². The molecule has 0 spiro atoms. The fraction of sp³-hybridized carbons (Fsp3) is 0.615. The lowest BCUT2D eigenvalue weighted by Gasteiger charge is -2.32. The molecule has 3 heteroatoms. The Morgan fingerprint density at radius 1 is 1.50 bits per heavy atom. The van der Waals surface area contributed by atoms with E-state index in [0.29, 0.717) is 5.92 Å². The lowest BCUT2D eigenvalue weighted by Crippen LogP contribution is -2.34. The highest BCUT2D eigenvalue weighted by Gasteiger charge is 2.22. The van der Waals surface area contributed by atoms with Gasteiger partial charge >= 0.3 is 0 Å². The molecule has 0 radical (unpaired) electrons. The highest BCUT2D eigenvalue weighted by molar-refractivity contribution is 5.09. The van der Waals surface area contributed by atoms with Gasteiger partial charge in [-0.3, -0.25) is 9.58 Å². The van der Waals surface area contributed by atoms with Crippen molar-refractivity contribution in [3.05, 3.63) is 30.1 Å². The van der Waals surface area contributed by atoms with Gasteiger partial charge < -0.3 is 0 Å². The van der Waals surface area contributed by atoms with Gasteiger partial charge in [0, 0.05) is 31.4 Å². The predicted molar refractivity (Wildman–Crippen MR) is 66.4 cm³/mol. The maximum atomic E-state index is 4.25. The van der Waals surface area contributed by atoms with E-state index < -0.39 is 0 Å². The molecule has 3 nitrogen and oxygen atoms in total. The third kappa shape index (κ3) is 2.53. The zero-order valence-corrected chi connectivity index (χ0v) is 10.3. The topological polar surface area (TPSA) is 21.1 Å².